The lowest BCUT2D eigenvalue weighted by Gasteiger charge is -2.27. The molecule has 0 saturated carbocycles. The SMILES string of the molecule is COC(=O)C1(c2ccccc2)CCN(Cc2ccn3ncnc3c2)C1. The maximum atomic E-state index is 12.6. The van der Waals surface area contributed by atoms with E-state index in [-0.39, 0.29) is 5.97 Å². The van der Waals surface area contributed by atoms with Crippen LogP contribution in [0.4, 0.5) is 0 Å². The van der Waals surface area contributed by atoms with Gasteiger partial charge >= 0.3 is 5.97 Å². The molecular formula is C19H20N4O2. The Morgan fingerprint density at radius 1 is 1.28 bits per heavy atom. The second-order valence-corrected chi connectivity index (χ2v) is 6.50. The zero-order valence-corrected chi connectivity index (χ0v) is 14.1. The number of rotatable bonds is 4. The molecule has 1 aromatic carbocycles. The third-order valence-electron chi connectivity index (χ3n) is 5.00. The lowest BCUT2D eigenvalue weighted by molar-refractivity contribution is -0.147. The highest BCUT2D eigenvalue weighted by atomic mass is 16.5. The summed E-state index contributed by atoms with van der Waals surface area (Å²) in [6, 6.07) is 14.0. The number of aromatic nitrogens is 3. The number of benzene rings is 1. The Kier molecular flexibility index (Phi) is 3.97. The van der Waals surface area contributed by atoms with Crippen molar-refractivity contribution < 1.29 is 9.53 Å². The summed E-state index contributed by atoms with van der Waals surface area (Å²) < 4.78 is 6.90. The Balaban J connectivity index is 1.58. The van der Waals surface area contributed by atoms with E-state index in [1.807, 2.05) is 48.7 Å². The Hall–Kier alpha value is -2.73. The minimum atomic E-state index is -0.588. The van der Waals surface area contributed by atoms with Crippen molar-refractivity contribution in [2.24, 2.45) is 0 Å². The molecule has 0 spiro atoms. The fraction of sp³-hybridized carbons (Fsp3) is 0.316. The first kappa shape index (κ1) is 15.8. The maximum absolute atomic E-state index is 12.6. The van der Waals surface area contributed by atoms with Crippen molar-refractivity contribution in [3.05, 3.63) is 66.1 Å². The standard InChI is InChI=1S/C19H20N4O2/c1-25-18(24)19(16-5-3-2-4-6-16)8-10-22(13-19)12-15-7-9-23-17(11-15)20-14-21-23/h2-7,9,11,14H,8,10,12-13H2,1H3. The number of likely N-dealkylation sites (tertiary alicyclic amines) is 1. The fourth-order valence-electron chi connectivity index (χ4n) is 3.71. The lowest BCUT2D eigenvalue weighted by atomic mass is 9.79. The normalized spacial score (nSPS) is 20.8. The van der Waals surface area contributed by atoms with E-state index in [2.05, 4.69) is 15.0 Å². The van der Waals surface area contributed by atoms with Gasteiger partial charge in [0.15, 0.2) is 5.65 Å². The Morgan fingerprint density at radius 2 is 2.12 bits per heavy atom. The summed E-state index contributed by atoms with van der Waals surface area (Å²) in [6.07, 6.45) is 4.22. The number of hydrogen-bond acceptors (Lipinski definition) is 5. The van der Waals surface area contributed by atoms with Gasteiger partial charge in [0.25, 0.3) is 0 Å². The van der Waals surface area contributed by atoms with Crippen molar-refractivity contribution >= 4 is 11.6 Å². The minimum absolute atomic E-state index is 0.158. The van der Waals surface area contributed by atoms with Crippen LogP contribution in [0, 0.1) is 0 Å². The van der Waals surface area contributed by atoms with Crippen molar-refractivity contribution in [3.8, 4) is 0 Å². The van der Waals surface area contributed by atoms with Crippen molar-refractivity contribution in [2.75, 3.05) is 20.2 Å². The number of esters is 1. The van der Waals surface area contributed by atoms with Crippen LogP contribution in [0.15, 0.2) is 55.0 Å². The van der Waals surface area contributed by atoms with E-state index >= 15 is 0 Å². The van der Waals surface area contributed by atoms with Crippen LogP contribution in [-0.2, 0) is 21.5 Å². The molecule has 4 rings (SSSR count). The number of ether oxygens (including phenoxy) is 1. The summed E-state index contributed by atoms with van der Waals surface area (Å²) in [4.78, 5) is 19.1. The van der Waals surface area contributed by atoms with Gasteiger partial charge in [-0.2, -0.15) is 5.10 Å². The van der Waals surface area contributed by atoms with Gasteiger partial charge in [-0.1, -0.05) is 30.3 Å². The molecule has 6 nitrogen and oxygen atoms in total. The average molecular weight is 336 g/mol. The summed E-state index contributed by atoms with van der Waals surface area (Å²) in [5.74, 6) is -0.158. The third kappa shape index (κ3) is 2.78. The number of fused-ring (bicyclic) bond motifs is 1. The van der Waals surface area contributed by atoms with Crippen LogP contribution < -0.4 is 0 Å². The van der Waals surface area contributed by atoms with Crippen LogP contribution in [0.5, 0.6) is 0 Å². The van der Waals surface area contributed by atoms with Crippen LogP contribution >= 0.6 is 0 Å². The van der Waals surface area contributed by atoms with Gasteiger partial charge < -0.3 is 4.74 Å². The summed E-state index contributed by atoms with van der Waals surface area (Å²) in [5, 5.41) is 4.12. The van der Waals surface area contributed by atoms with E-state index in [1.165, 1.54) is 7.11 Å². The Labute approximate surface area is 146 Å². The molecule has 0 bridgehead atoms. The van der Waals surface area contributed by atoms with E-state index in [0.29, 0.717) is 6.54 Å². The molecule has 1 aliphatic heterocycles. The van der Waals surface area contributed by atoms with Gasteiger partial charge in [0.1, 0.15) is 11.7 Å². The van der Waals surface area contributed by atoms with E-state index in [4.69, 9.17) is 4.74 Å². The molecule has 1 aliphatic rings. The number of nitrogens with zero attached hydrogens (tertiary/aromatic N) is 4. The average Bonchev–Trinajstić information content (AvgIpc) is 3.29. The molecule has 0 aliphatic carbocycles. The van der Waals surface area contributed by atoms with E-state index < -0.39 is 5.41 Å². The molecule has 0 amide bonds. The molecule has 0 radical (unpaired) electrons. The molecule has 3 heterocycles. The highest BCUT2D eigenvalue weighted by Gasteiger charge is 2.46. The van der Waals surface area contributed by atoms with Gasteiger partial charge in [-0.15, -0.1) is 0 Å². The van der Waals surface area contributed by atoms with Crippen molar-refractivity contribution in [1.82, 2.24) is 19.5 Å². The van der Waals surface area contributed by atoms with E-state index in [9.17, 15) is 4.79 Å². The fourth-order valence-corrected chi connectivity index (χ4v) is 3.71. The molecule has 0 N–H and O–H groups in total. The maximum Gasteiger partial charge on any atom is 0.317 e. The number of carbonyl (C=O) groups is 1. The second-order valence-electron chi connectivity index (χ2n) is 6.50. The highest BCUT2D eigenvalue weighted by Crippen LogP contribution is 2.36. The van der Waals surface area contributed by atoms with Crippen LogP contribution in [0.25, 0.3) is 5.65 Å². The van der Waals surface area contributed by atoms with Crippen LogP contribution in [0.2, 0.25) is 0 Å². The summed E-state index contributed by atoms with van der Waals surface area (Å²) in [6.45, 7) is 2.28. The largest absolute Gasteiger partial charge is 0.468 e. The molecule has 128 valence electrons. The first-order valence-electron chi connectivity index (χ1n) is 8.36. The molecule has 6 heteroatoms. The van der Waals surface area contributed by atoms with Crippen LogP contribution in [0.3, 0.4) is 0 Å². The molecule has 3 aromatic rings. The minimum Gasteiger partial charge on any atom is -0.468 e. The molecule has 1 fully saturated rings. The number of carbonyl (C=O) groups excluding carboxylic acids is 1. The monoisotopic (exact) mass is 336 g/mol. The Morgan fingerprint density at radius 3 is 2.92 bits per heavy atom. The number of pyridine rings is 1. The smallest absolute Gasteiger partial charge is 0.317 e. The van der Waals surface area contributed by atoms with Crippen LogP contribution in [0.1, 0.15) is 17.5 Å². The van der Waals surface area contributed by atoms with Gasteiger partial charge in [0.05, 0.1) is 7.11 Å². The van der Waals surface area contributed by atoms with E-state index in [1.54, 1.807) is 10.8 Å². The molecule has 25 heavy (non-hydrogen) atoms. The first-order valence-corrected chi connectivity index (χ1v) is 8.36. The summed E-state index contributed by atoms with van der Waals surface area (Å²) in [5.41, 5.74) is 2.43. The molecule has 1 saturated heterocycles. The second kappa shape index (κ2) is 6.29. The molecular weight excluding hydrogens is 316 g/mol. The van der Waals surface area contributed by atoms with Gasteiger partial charge in [0.2, 0.25) is 0 Å². The quantitative estimate of drug-likeness (QED) is 0.683. The third-order valence-corrected chi connectivity index (χ3v) is 5.00. The van der Waals surface area contributed by atoms with Crippen molar-refractivity contribution in [2.45, 2.75) is 18.4 Å². The van der Waals surface area contributed by atoms with Crippen molar-refractivity contribution in [1.29, 1.82) is 0 Å². The van der Waals surface area contributed by atoms with E-state index in [0.717, 1.165) is 36.3 Å². The highest BCUT2D eigenvalue weighted by molar-refractivity contribution is 5.84. The lowest BCUT2D eigenvalue weighted by Crippen LogP contribution is -2.39. The number of methoxy groups -OCH3 is 1. The van der Waals surface area contributed by atoms with Crippen molar-refractivity contribution in [3.63, 3.8) is 0 Å². The predicted molar refractivity (Wildman–Crippen MR) is 93.0 cm³/mol. The zero-order chi connectivity index (χ0) is 17.3. The summed E-state index contributed by atoms with van der Waals surface area (Å²) >= 11 is 0. The van der Waals surface area contributed by atoms with Crippen LogP contribution in [-0.4, -0.2) is 45.7 Å². The Bertz CT molecular complexity index is 893. The molecule has 2 aromatic heterocycles. The predicted octanol–water partition coefficient (Wildman–Crippen LogP) is 2.05. The zero-order valence-electron chi connectivity index (χ0n) is 14.1. The van der Waals surface area contributed by atoms with Gasteiger partial charge in [-0.25, -0.2) is 9.50 Å². The molecule has 1 unspecified atom stereocenters. The topological polar surface area (TPSA) is 59.7 Å². The van der Waals surface area contributed by atoms with Gasteiger partial charge in [0, 0.05) is 25.8 Å². The van der Waals surface area contributed by atoms with Gasteiger partial charge in [-0.3, -0.25) is 9.69 Å². The number of hydrogen-bond donors (Lipinski definition) is 0. The van der Waals surface area contributed by atoms with Gasteiger partial charge in [-0.05, 0) is 29.7 Å². The molecule has 1 atom stereocenters. The first-order chi connectivity index (χ1) is 12.2. The summed E-state index contributed by atoms with van der Waals surface area (Å²) in [7, 11) is 1.47.